The van der Waals surface area contributed by atoms with Crippen molar-refractivity contribution in [2.24, 2.45) is 0 Å². The fourth-order valence-corrected chi connectivity index (χ4v) is 1.80. The molecule has 0 unspecified atom stereocenters. The number of hydrogen-bond acceptors (Lipinski definition) is 2. The van der Waals surface area contributed by atoms with Gasteiger partial charge in [0, 0.05) is 37.2 Å². The Morgan fingerprint density at radius 1 is 1.27 bits per heavy atom. The van der Waals surface area contributed by atoms with Gasteiger partial charge in [-0.25, -0.2) is 4.79 Å². The quantitative estimate of drug-likeness (QED) is 0.737. The van der Waals surface area contributed by atoms with Crippen LogP contribution < -0.4 is 4.90 Å². The summed E-state index contributed by atoms with van der Waals surface area (Å²) in [4.78, 5) is 19.6. The molecule has 2 heterocycles. The van der Waals surface area contributed by atoms with Gasteiger partial charge in [0.1, 0.15) is 0 Å². The zero-order valence-electron chi connectivity index (χ0n) is 9.05. The van der Waals surface area contributed by atoms with Gasteiger partial charge >= 0.3 is 6.03 Å². The average Bonchev–Trinajstić information content (AvgIpc) is 2.61. The van der Waals surface area contributed by atoms with Crippen LogP contribution in [0.1, 0.15) is 13.8 Å². The fraction of sp³-hybridized carbons (Fsp3) is 0.455. The van der Waals surface area contributed by atoms with Gasteiger partial charge in [-0.1, -0.05) is 0 Å². The predicted molar refractivity (Wildman–Crippen MR) is 58.8 cm³/mol. The standard InChI is InChI=1S/C11H15N3O/c1-9(2)13-7-8-14(11(13)15)10-3-5-12-6-4-10/h3-6,9H,7-8H2,1-2H3. The van der Waals surface area contributed by atoms with E-state index in [9.17, 15) is 4.79 Å². The van der Waals surface area contributed by atoms with Gasteiger partial charge < -0.3 is 4.90 Å². The van der Waals surface area contributed by atoms with E-state index in [0.717, 1.165) is 18.8 Å². The SMILES string of the molecule is CC(C)N1CCN(c2ccncc2)C1=O. The molecule has 0 radical (unpaired) electrons. The third-order valence-corrected chi connectivity index (χ3v) is 2.64. The highest BCUT2D eigenvalue weighted by atomic mass is 16.2. The van der Waals surface area contributed by atoms with Crippen LogP contribution in [0.15, 0.2) is 24.5 Å². The van der Waals surface area contributed by atoms with Crippen LogP contribution in [0.25, 0.3) is 0 Å². The van der Waals surface area contributed by atoms with E-state index in [0.29, 0.717) is 0 Å². The molecule has 1 aromatic rings. The number of rotatable bonds is 2. The molecule has 1 saturated heterocycles. The number of carbonyl (C=O) groups is 1. The van der Waals surface area contributed by atoms with Crippen LogP contribution in [-0.2, 0) is 0 Å². The van der Waals surface area contributed by atoms with Crippen LogP contribution in [0.4, 0.5) is 10.5 Å². The molecule has 4 heteroatoms. The van der Waals surface area contributed by atoms with Crippen molar-refractivity contribution in [3.8, 4) is 0 Å². The lowest BCUT2D eigenvalue weighted by Crippen LogP contribution is -2.36. The van der Waals surface area contributed by atoms with E-state index in [1.807, 2.05) is 30.9 Å². The highest BCUT2D eigenvalue weighted by molar-refractivity contribution is 5.94. The molecule has 0 spiro atoms. The van der Waals surface area contributed by atoms with E-state index in [-0.39, 0.29) is 12.1 Å². The summed E-state index contributed by atoms with van der Waals surface area (Å²) in [5.41, 5.74) is 0.929. The normalized spacial score (nSPS) is 16.6. The van der Waals surface area contributed by atoms with Gasteiger partial charge in [0.25, 0.3) is 0 Å². The first-order chi connectivity index (χ1) is 7.20. The summed E-state index contributed by atoms with van der Waals surface area (Å²) in [6.07, 6.45) is 3.42. The first-order valence-corrected chi connectivity index (χ1v) is 5.18. The fourth-order valence-electron chi connectivity index (χ4n) is 1.80. The number of pyridine rings is 1. The van der Waals surface area contributed by atoms with Crippen molar-refractivity contribution in [2.45, 2.75) is 19.9 Å². The molecule has 0 saturated carbocycles. The summed E-state index contributed by atoms with van der Waals surface area (Å²) >= 11 is 0. The van der Waals surface area contributed by atoms with Gasteiger partial charge in [-0.15, -0.1) is 0 Å². The smallest absolute Gasteiger partial charge is 0.320 e. The molecular formula is C11H15N3O. The second-order valence-electron chi connectivity index (χ2n) is 3.93. The van der Waals surface area contributed by atoms with E-state index >= 15 is 0 Å². The summed E-state index contributed by atoms with van der Waals surface area (Å²) < 4.78 is 0. The predicted octanol–water partition coefficient (Wildman–Crippen LogP) is 1.73. The first kappa shape index (κ1) is 9.96. The topological polar surface area (TPSA) is 36.4 Å². The van der Waals surface area contributed by atoms with Gasteiger partial charge in [0.15, 0.2) is 0 Å². The van der Waals surface area contributed by atoms with E-state index in [2.05, 4.69) is 4.98 Å². The van der Waals surface area contributed by atoms with Gasteiger partial charge in [-0.2, -0.15) is 0 Å². The Bertz CT molecular complexity index is 350. The molecule has 0 bridgehead atoms. The van der Waals surface area contributed by atoms with Crippen molar-refractivity contribution in [3.05, 3.63) is 24.5 Å². The van der Waals surface area contributed by atoms with E-state index in [4.69, 9.17) is 0 Å². The van der Waals surface area contributed by atoms with E-state index in [1.54, 1.807) is 17.3 Å². The van der Waals surface area contributed by atoms with Crippen molar-refractivity contribution < 1.29 is 4.79 Å². The molecule has 0 atom stereocenters. The molecule has 1 aliphatic heterocycles. The van der Waals surface area contributed by atoms with Crippen molar-refractivity contribution in [1.82, 2.24) is 9.88 Å². The van der Waals surface area contributed by atoms with E-state index in [1.165, 1.54) is 0 Å². The summed E-state index contributed by atoms with van der Waals surface area (Å²) in [6, 6.07) is 4.09. The number of hydrogen-bond donors (Lipinski definition) is 0. The first-order valence-electron chi connectivity index (χ1n) is 5.18. The third-order valence-electron chi connectivity index (χ3n) is 2.64. The molecule has 4 nitrogen and oxygen atoms in total. The molecule has 0 N–H and O–H groups in total. The molecule has 80 valence electrons. The van der Waals surface area contributed by atoms with Crippen LogP contribution in [0.5, 0.6) is 0 Å². The maximum Gasteiger partial charge on any atom is 0.324 e. The summed E-state index contributed by atoms with van der Waals surface area (Å²) in [5.74, 6) is 0. The monoisotopic (exact) mass is 205 g/mol. The van der Waals surface area contributed by atoms with Gasteiger partial charge in [0.2, 0.25) is 0 Å². The lowest BCUT2D eigenvalue weighted by molar-refractivity contribution is 0.209. The summed E-state index contributed by atoms with van der Waals surface area (Å²) in [6.45, 7) is 5.64. The third kappa shape index (κ3) is 1.79. The number of nitrogens with zero attached hydrogens (tertiary/aromatic N) is 3. The Morgan fingerprint density at radius 3 is 2.47 bits per heavy atom. The maximum absolute atomic E-state index is 12.0. The van der Waals surface area contributed by atoms with Crippen molar-refractivity contribution in [2.75, 3.05) is 18.0 Å². The number of amides is 2. The molecule has 1 aromatic heterocycles. The van der Waals surface area contributed by atoms with Crippen LogP contribution in [-0.4, -0.2) is 35.0 Å². The van der Waals surface area contributed by atoms with E-state index < -0.39 is 0 Å². The Morgan fingerprint density at radius 2 is 1.93 bits per heavy atom. The van der Waals surface area contributed by atoms with Gasteiger partial charge in [-0.3, -0.25) is 9.88 Å². The van der Waals surface area contributed by atoms with Crippen LogP contribution in [0.3, 0.4) is 0 Å². The Labute approximate surface area is 89.5 Å². The Hall–Kier alpha value is -1.58. The number of urea groups is 1. The minimum absolute atomic E-state index is 0.0937. The highest BCUT2D eigenvalue weighted by Gasteiger charge is 2.30. The number of carbonyl (C=O) groups excluding carboxylic acids is 1. The summed E-state index contributed by atoms with van der Waals surface area (Å²) in [5, 5.41) is 0. The van der Waals surface area contributed by atoms with Crippen molar-refractivity contribution >= 4 is 11.7 Å². The minimum atomic E-state index is 0.0937. The molecule has 15 heavy (non-hydrogen) atoms. The molecule has 0 aliphatic carbocycles. The Kier molecular flexibility index (Phi) is 2.58. The molecular weight excluding hydrogens is 190 g/mol. The largest absolute Gasteiger partial charge is 0.324 e. The summed E-state index contributed by atoms with van der Waals surface area (Å²) in [7, 11) is 0. The number of aromatic nitrogens is 1. The van der Waals surface area contributed by atoms with Crippen LogP contribution in [0.2, 0.25) is 0 Å². The van der Waals surface area contributed by atoms with Gasteiger partial charge in [-0.05, 0) is 26.0 Å². The van der Waals surface area contributed by atoms with Crippen molar-refractivity contribution in [3.63, 3.8) is 0 Å². The van der Waals surface area contributed by atoms with Gasteiger partial charge in [0.05, 0.1) is 0 Å². The second kappa shape index (κ2) is 3.88. The second-order valence-corrected chi connectivity index (χ2v) is 3.93. The number of anilines is 1. The lowest BCUT2D eigenvalue weighted by Gasteiger charge is -2.21. The molecule has 0 aromatic carbocycles. The maximum atomic E-state index is 12.0. The molecule has 1 fully saturated rings. The highest BCUT2D eigenvalue weighted by Crippen LogP contribution is 2.20. The minimum Gasteiger partial charge on any atom is -0.320 e. The Balaban J connectivity index is 2.18. The van der Waals surface area contributed by atoms with Crippen molar-refractivity contribution in [1.29, 1.82) is 0 Å². The lowest BCUT2D eigenvalue weighted by atomic mass is 10.3. The van der Waals surface area contributed by atoms with Crippen LogP contribution >= 0.6 is 0 Å². The molecule has 1 aliphatic rings. The molecule has 2 amide bonds. The zero-order valence-corrected chi connectivity index (χ0v) is 9.05. The average molecular weight is 205 g/mol. The zero-order chi connectivity index (χ0) is 10.8. The van der Waals surface area contributed by atoms with Crippen LogP contribution in [0, 0.1) is 0 Å². The molecule has 2 rings (SSSR count).